The van der Waals surface area contributed by atoms with E-state index in [4.69, 9.17) is 5.50 Å². The molecule has 58 valence electrons. The molecule has 0 bridgehead atoms. The molecule has 0 saturated heterocycles. The number of rotatable bonds is 2. The quantitative estimate of drug-likeness (QED) is 0.673. The molecule has 0 aliphatic heterocycles. The summed E-state index contributed by atoms with van der Waals surface area (Å²) < 4.78 is 0. The number of nitrogens with two attached hydrogens (primary N) is 1. The molecule has 1 aromatic rings. The van der Waals surface area contributed by atoms with Gasteiger partial charge in [-0.2, -0.15) is 0 Å². The lowest BCUT2D eigenvalue weighted by atomic mass is 10.4. The number of hydrogen-bond donors (Lipinski definition) is 1. The van der Waals surface area contributed by atoms with Crippen molar-refractivity contribution in [1.82, 2.24) is 0 Å². The molecule has 0 spiro atoms. The Morgan fingerprint density at radius 3 is 2.36 bits per heavy atom. The van der Waals surface area contributed by atoms with Crippen molar-refractivity contribution >= 4 is 18.9 Å². The molecule has 3 heteroatoms. The molecular formula is C8H10NOP. The molecule has 0 aromatic heterocycles. The molecule has 1 rings (SSSR count). The molecule has 1 atom stereocenters. The highest BCUT2D eigenvalue weighted by atomic mass is 31.1. The van der Waals surface area contributed by atoms with Crippen LogP contribution in [0.3, 0.4) is 0 Å². The van der Waals surface area contributed by atoms with E-state index in [1.165, 1.54) is 6.92 Å². The van der Waals surface area contributed by atoms with Crippen molar-refractivity contribution in [2.45, 2.75) is 6.92 Å². The molecule has 2 nitrogen and oxygen atoms in total. The Morgan fingerprint density at radius 2 is 1.91 bits per heavy atom. The van der Waals surface area contributed by atoms with Crippen molar-refractivity contribution in [1.29, 1.82) is 0 Å². The van der Waals surface area contributed by atoms with Crippen LogP contribution >= 0.6 is 8.07 Å². The van der Waals surface area contributed by atoms with Gasteiger partial charge in [0.05, 0.1) is 8.07 Å². The topological polar surface area (TPSA) is 43.1 Å². The smallest absolute Gasteiger partial charge is 0.170 e. The number of hydrogen-bond acceptors (Lipinski definition) is 2. The lowest BCUT2D eigenvalue weighted by Gasteiger charge is -2.05. The van der Waals surface area contributed by atoms with Crippen LogP contribution in [0.2, 0.25) is 0 Å². The summed E-state index contributed by atoms with van der Waals surface area (Å²) in [6.07, 6.45) is 0. The third-order valence-corrected chi connectivity index (χ3v) is 2.91. The SMILES string of the molecule is CC(=O)P(N)c1ccccc1. The largest absolute Gasteiger partial charge is 0.300 e. The predicted octanol–water partition coefficient (Wildman–Crippen LogP) is 1.21. The Kier molecular flexibility index (Phi) is 2.75. The van der Waals surface area contributed by atoms with Crippen molar-refractivity contribution in [2.75, 3.05) is 0 Å². The van der Waals surface area contributed by atoms with E-state index in [-0.39, 0.29) is 5.52 Å². The predicted molar refractivity (Wildman–Crippen MR) is 47.9 cm³/mol. The molecule has 0 fully saturated rings. The van der Waals surface area contributed by atoms with Crippen molar-refractivity contribution in [3.63, 3.8) is 0 Å². The van der Waals surface area contributed by atoms with Gasteiger partial charge in [0.25, 0.3) is 0 Å². The van der Waals surface area contributed by atoms with Gasteiger partial charge in [-0.15, -0.1) is 0 Å². The second-order valence-electron chi connectivity index (χ2n) is 2.22. The summed E-state index contributed by atoms with van der Waals surface area (Å²) in [5.41, 5.74) is 5.71. The monoisotopic (exact) mass is 167 g/mol. The summed E-state index contributed by atoms with van der Waals surface area (Å²) in [6.45, 7) is 1.53. The zero-order valence-corrected chi connectivity index (χ0v) is 7.21. The third kappa shape index (κ3) is 2.11. The number of carbonyl (C=O) groups is 1. The van der Waals surface area contributed by atoms with Gasteiger partial charge < -0.3 is 5.50 Å². The molecule has 11 heavy (non-hydrogen) atoms. The summed E-state index contributed by atoms with van der Waals surface area (Å²) in [4.78, 5) is 10.8. The highest BCUT2D eigenvalue weighted by molar-refractivity contribution is 7.79. The van der Waals surface area contributed by atoms with E-state index in [0.717, 1.165) is 5.30 Å². The van der Waals surface area contributed by atoms with Gasteiger partial charge in [-0.1, -0.05) is 30.3 Å². The van der Waals surface area contributed by atoms with E-state index in [1.54, 1.807) is 0 Å². The standard InChI is InChI=1S/C8H10NOP/c1-7(10)11(9)8-5-3-2-4-6-8/h2-6H,9H2,1H3. The molecular weight excluding hydrogens is 157 g/mol. The maximum Gasteiger partial charge on any atom is 0.170 e. The van der Waals surface area contributed by atoms with Gasteiger partial charge in [0.2, 0.25) is 0 Å². The van der Waals surface area contributed by atoms with Gasteiger partial charge in [-0.3, -0.25) is 4.79 Å². The minimum absolute atomic E-state index is 0.0613. The third-order valence-electron chi connectivity index (χ3n) is 1.37. The highest BCUT2D eigenvalue weighted by Crippen LogP contribution is 2.24. The second-order valence-corrected chi connectivity index (χ2v) is 4.11. The number of benzene rings is 1. The summed E-state index contributed by atoms with van der Waals surface area (Å²) in [7, 11) is -1.07. The zero-order valence-electron chi connectivity index (χ0n) is 6.32. The van der Waals surface area contributed by atoms with Crippen LogP contribution < -0.4 is 10.8 Å². The first-order chi connectivity index (χ1) is 5.22. The van der Waals surface area contributed by atoms with Gasteiger partial charge in [0.1, 0.15) is 0 Å². The molecule has 0 heterocycles. The maximum absolute atomic E-state index is 10.8. The lowest BCUT2D eigenvalue weighted by Crippen LogP contribution is -2.11. The van der Waals surface area contributed by atoms with Crippen LogP contribution in [0, 0.1) is 0 Å². The Morgan fingerprint density at radius 1 is 1.36 bits per heavy atom. The summed E-state index contributed by atoms with van der Waals surface area (Å²) in [5.74, 6) is 0. The van der Waals surface area contributed by atoms with Crippen LogP contribution in [0.4, 0.5) is 0 Å². The molecule has 0 aliphatic rings. The van der Waals surface area contributed by atoms with Crippen molar-refractivity contribution < 1.29 is 4.79 Å². The fraction of sp³-hybridized carbons (Fsp3) is 0.125. The van der Waals surface area contributed by atoms with Crippen LogP contribution in [0.5, 0.6) is 0 Å². The van der Waals surface area contributed by atoms with Crippen molar-refractivity contribution in [3.05, 3.63) is 30.3 Å². The fourth-order valence-electron chi connectivity index (χ4n) is 0.770. The van der Waals surface area contributed by atoms with E-state index in [9.17, 15) is 4.79 Å². The van der Waals surface area contributed by atoms with Crippen LogP contribution in [0.15, 0.2) is 30.3 Å². The average Bonchev–Trinajstić information content (AvgIpc) is 2.05. The van der Waals surface area contributed by atoms with Crippen molar-refractivity contribution in [3.8, 4) is 0 Å². The van der Waals surface area contributed by atoms with Gasteiger partial charge in [0.15, 0.2) is 5.52 Å². The van der Waals surface area contributed by atoms with E-state index in [2.05, 4.69) is 0 Å². The van der Waals surface area contributed by atoms with E-state index in [0.29, 0.717) is 0 Å². The summed E-state index contributed by atoms with van der Waals surface area (Å²) in [5, 5.41) is 0.940. The number of carbonyl (C=O) groups excluding carboxylic acids is 1. The molecule has 0 amide bonds. The van der Waals surface area contributed by atoms with Gasteiger partial charge in [-0.25, -0.2) is 0 Å². The Balaban J connectivity index is 2.85. The lowest BCUT2D eigenvalue weighted by molar-refractivity contribution is -0.109. The van der Waals surface area contributed by atoms with Crippen molar-refractivity contribution in [2.24, 2.45) is 5.50 Å². The summed E-state index contributed by atoms with van der Waals surface area (Å²) in [6, 6.07) is 9.45. The molecule has 1 unspecified atom stereocenters. The minimum atomic E-state index is -1.07. The van der Waals surface area contributed by atoms with Gasteiger partial charge in [-0.05, 0) is 5.30 Å². The van der Waals surface area contributed by atoms with Gasteiger partial charge in [0, 0.05) is 6.92 Å². The summed E-state index contributed by atoms with van der Waals surface area (Å²) >= 11 is 0. The molecule has 1 aromatic carbocycles. The first-order valence-electron chi connectivity index (χ1n) is 3.32. The van der Waals surface area contributed by atoms with E-state index >= 15 is 0 Å². The Labute approximate surface area is 67.2 Å². The van der Waals surface area contributed by atoms with Crippen LogP contribution in [-0.2, 0) is 4.79 Å². The normalized spacial score (nSPS) is 12.5. The van der Waals surface area contributed by atoms with E-state index in [1.807, 2.05) is 30.3 Å². The van der Waals surface area contributed by atoms with E-state index < -0.39 is 8.07 Å². The molecule has 0 radical (unpaired) electrons. The zero-order chi connectivity index (χ0) is 8.27. The average molecular weight is 167 g/mol. The fourth-order valence-corrected chi connectivity index (χ4v) is 1.63. The second kappa shape index (κ2) is 3.61. The van der Waals surface area contributed by atoms with Gasteiger partial charge >= 0.3 is 0 Å². The molecule has 0 aliphatic carbocycles. The van der Waals surface area contributed by atoms with Crippen LogP contribution in [0.25, 0.3) is 0 Å². The van der Waals surface area contributed by atoms with Crippen LogP contribution in [-0.4, -0.2) is 5.52 Å². The van der Waals surface area contributed by atoms with Crippen LogP contribution in [0.1, 0.15) is 6.92 Å². The maximum atomic E-state index is 10.8. The Bertz CT molecular complexity index is 248. The highest BCUT2D eigenvalue weighted by Gasteiger charge is 2.08. The first kappa shape index (κ1) is 8.38. The molecule has 0 saturated carbocycles. The first-order valence-corrected chi connectivity index (χ1v) is 4.73. The Hall–Kier alpha value is -0.720. The molecule has 2 N–H and O–H groups in total. The minimum Gasteiger partial charge on any atom is -0.300 e.